The topological polar surface area (TPSA) is 123 Å². The third kappa shape index (κ3) is 7.92. The number of nitrogens with two attached hydrogens (primary N) is 1. The fraction of sp³-hybridized carbons (Fsp3) is 0.310. The minimum Gasteiger partial charge on any atom is -0.459 e. The van der Waals surface area contributed by atoms with E-state index in [9.17, 15) is 14.7 Å². The van der Waals surface area contributed by atoms with Gasteiger partial charge in [-0.15, -0.1) is 0 Å². The van der Waals surface area contributed by atoms with Crippen molar-refractivity contribution in [3.8, 4) is 0 Å². The van der Waals surface area contributed by atoms with E-state index in [2.05, 4.69) is 16.0 Å². The Kier molecular flexibility index (Phi) is 9.91. The van der Waals surface area contributed by atoms with Crippen LogP contribution in [-0.4, -0.2) is 29.8 Å². The van der Waals surface area contributed by atoms with E-state index in [1.807, 2.05) is 53.9 Å². The quantitative estimate of drug-likeness (QED) is 0.197. The van der Waals surface area contributed by atoms with Crippen LogP contribution in [0.15, 0.2) is 77.2 Å². The van der Waals surface area contributed by atoms with Gasteiger partial charge in [0.15, 0.2) is 5.76 Å². The van der Waals surface area contributed by atoms with Crippen molar-refractivity contribution >= 4 is 34.5 Å². The summed E-state index contributed by atoms with van der Waals surface area (Å²) in [7, 11) is 0. The number of nitrogen functional groups attached to an aromatic ring is 1. The summed E-state index contributed by atoms with van der Waals surface area (Å²) < 4.78 is 12.0. The van der Waals surface area contributed by atoms with Crippen LogP contribution in [-0.2, 0) is 32.3 Å². The molecule has 0 saturated carbocycles. The van der Waals surface area contributed by atoms with Crippen molar-refractivity contribution in [3.63, 3.8) is 0 Å². The molecule has 8 nitrogen and oxygen atoms in total. The van der Waals surface area contributed by atoms with Crippen molar-refractivity contribution in [3.05, 3.63) is 93.9 Å². The first-order chi connectivity index (χ1) is 18.5. The lowest BCUT2D eigenvalue weighted by molar-refractivity contribution is -0.150. The third-order valence-electron chi connectivity index (χ3n) is 6.24. The van der Waals surface area contributed by atoms with Gasteiger partial charge in [0, 0.05) is 25.3 Å². The van der Waals surface area contributed by atoms with Crippen LogP contribution in [0, 0.1) is 0 Å². The highest BCUT2D eigenvalue weighted by Crippen LogP contribution is 2.33. The van der Waals surface area contributed by atoms with Gasteiger partial charge in [0.1, 0.15) is 0 Å². The van der Waals surface area contributed by atoms with E-state index < -0.39 is 6.29 Å². The molecule has 1 aliphatic rings. The van der Waals surface area contributed by atoms with E-state index >= 15 is 0 Å². The maximum Gasteiger partial charge on any atom is 0.286 e. The van der Waals surface area contributed by atoms with E-state index in [4.69, 9.17) is 15.2 Å². The summed E-state index contributed by atoms with van der Waals surface area (Å²) in [5.41, 5.74) is 9.90. The first kappa shape index (κ1) is 27.4. The molecule has 2 heterocycles. The van der Waals surface area contributed by atoms with Gasteiger partial charge in [0.25, 0.3) is 5.91 Å². The summed E-state index contributed by atoms with van der Waals surface area (Å²) in [5.74, 6) is -0.165. The number of para-hydroxylation sites is 2. The van der Waals surface area contributed by atoms with Gasteiger partial charge < -0.3 is 30.9 Å². The SMILES string of the molecule is Nc1ccccc1NC(=O)CCCCNC(=O)C1=C[C@H](c2ccsc2)C[C@H](OCc2ccc(CO)cc2)O1. The van der Waals surface area contributed by atoms with Crippen LogP contribution in [0.5, 0.6) is 0 Å². The van der Waals surface area contributed by atoms with Gasteiger partial charge in [-0.05, 0) is 64.6 Å². The number of carbonyl (C=O) groups is 2. The molecule has 0 unspecified atom stereocenters. The first-order valence-electron chi connectivity index (χ1n) is 12.6. The maximum absolute atomic E-state index is 12.9. The van der Waals surface area contributed by atoms with Crippen molar-refractivity contribution in [1.82, 2.24) is 5.32 Å². The zero-order valence-electron chi connectivity index (χ0n) is 21.1. The van der Waals surface area contributed by atoms with Gasteiger partial charge in [-0.2, -0.15) is 11.3 Å². The molecule has 2 atom stereocenters. The summed E-state index contributed by atoms with van der Waals surface area (Å²) >= 11 is 1.61. The molecule has 0 saturated heterocycles. The number of unbranched alkanes of at least 4 members (excludes halogenated alkanes) is 1. The van der Waals surface area contributed by atoms with E-state index in [0.717, 1.165) is 16.7 Å². The molecule has 0 radical (unpaired) electrons. The molecule has 0 fully saturated rings. The Bertz CT molecular complexity index is 1230. The highest BCUT2D eigenvalue weighted by Gasteiger charge is 2.29. The molecule has 3 aromatic rings. The number of hydrogen-bond acceptors (Lipinski definition) is 7. The number of aliphatic hydroxyl groups is 1. The average molecular weight is 536 g/mol. The standard InChI is InChI=1S/C29H33N3O5S/c30-24-5-1-2-6-25(24)32-27(34)7-3-4-13-31-29(35)26-15-23(22-12-14-38-19-22)16-28(37-26)36-18-21-10-8-20(17-33)9-11-21/h1-2,5-6,8-12,14-15,19,23,28,33H,3-4,7,13,16-18,30H2,(H,31,35)(H,32,34)/t23-,28+/m0/s1. The normalized spacial score (nSPS) is 16.8. The molecule has 1 aliphatic heterocycles. The Morgan fingerprint density at radius 3 is 2.61 bits per heavy atom. The van der Waals surface area contributed by atoms with Gasteiger partial charge in [-0.25, -0.2) is 0 Å². The number of anilines is 2. The minimum atomic E-state index is -0.572. The molecule has 0 bridgehead atoms. The number of allylic oxidation sites excluding steroid dienone is 1. The second-order valence-electron chi connectivity index (χ2n) is 9.11. The number of carbonyl (C=O) groups excluding carboxylic acids is 2. The summed E-state index contributed by atoms with van der Waals surface area (Å²) in [6.07, 6.45) is 3.48. The summed E-state index contributed by atoms with van der Waals surface area (Å²) in [5, 5.41) is 19.0. The molecule has 38 heavy (non-hydrogen) atoms. The van der Waals surface area contributed by atoms with Gasteiger partial charge in [0.05, 0.1) is 24.6 Å². The lowest BCUT2D eigenvalue weighted by atomic mass is 9.95. The van der Waals surface area contributed by atoms with Crippen molar-refractivity contribution in [2.75, 3.05) is 17.6 Å². The molecule has 0 spiro atoms. The number of ether oxygens (including phenoxy) is 2. The highest BCUT2D eigenvalue weighted by molar-refractivity contribution is 7.08. The van der Waals surface area contributed by atoms with Gasteiger partial charge >= 0.3 is 0 Å². The largest absolute Gasteiger partial charge is 0.459 e. The maximum atomic E-state index is 12.9. The van der Waals surface area contributed by atoms with Crippen molar-refractivity contribution < 1.29 is 24.2 Å². The number of benzene rings is 2. The number of hydrogen-bond donors (Lipinski definition) is 4. The summed E-state index contributed by atoms with van der Waals surface area (Å²) in [6.45, 7) is 0.749. The second kappa shape index (κ2) is 13.8. The van der Waals surface area contributed by atoms with Crippen LogP contribution < -0.4 is 16.4 Å². The summed E-state index contributed by atoms with van der Waals surface area (Å²) in [4.78, 5) is 25.1. The zero-order chi connectivity index (χ0) is 26.7. The van der Waals surface area contributed by atoms with E-state index in [1.54, 1.807) is 23.5 Å². The highest BCUT2D eigenvalue weighted by atomic mass is 32.1. The van der Waals surface area contributed by atoms with Gasteiger partial charge in [-0.1, -0.05) is 36.4 Å². The van der Waals surface area contributed by atoms with E-state index in [1.165, 1.54) is 0 Å². The van der Waals surface area contributed by atoms with E-state index in [0.29, 0.717) is 50.2 Å². The van der Waals surface area contributed by atoms with Gasteiger partial charge in [0.2, 0.25) is 12.2 Å². The number of rotatable bonds is 12. The third-order valence-corrected chi connectivity index (χ3v) is 6.95. The van der Waals surface area contributed by atoms with Crippen LogP contribution in [0.4, 0.5) is 11.4 Å². The Morgan fingerprint density at radius 1 is 1.08 bits per heavy atom. The van der Waals surface area contributed by atoms with E-state index in [-0.39, 0.29) is 30.1 Å². The van der Waals surface area contributed by atoms with Crippen LogP contribution >= 0.6 is 11.3 Å². The number of amides is 2. The molecule has 5 N–H and O–H groups in total. The molecule has 0 aliphatic carbocycles. The Hall–Kier alpha value is -3.66. The molecular weight excluding hydrogens is 502 g/mol. The smallest absolute Gasteiger partial charge is 0.286 e. The monoisotopic (exact) mass is 535 g/mol. The average Bonchev–Trinajstić information content (AvgIpc) is 3.48. The molecule has 9 heteroatoms. The van der Waals surface area contributed by atoms with Crippen molar-refractivity contribution in [2.24, 2.45) is 0 Å². The Morgan fingerprint density at radius 2 is 1.87 bits per heavy atom. The lowest BCUT2D eigenvalue weighted by Crippen LogP contribution is -2.33. The fourth-order valence-electron chi connectivity index (χ4n) is 4.09. The second-order valence-corrected chi connectivity index (χ2v) is 9.89. The number of thiophene rings is 1. The predicted octanol–water partition coefficient (Wildman–Crippen LogP) is 4.68. The van der Waals surface area contributed by atoms with Crippen molar-refractivity contribution in [2.45, 2.75) is 51.1 Å². The van der Waals surface area contributed by atoms with Crippen LogP contribution in [0.2, 0.25) is 0 Å². The van der Waals surface area contributed by atoms with Crippen LogP contribution in [0.3, 0.4) is 0 Å². The van der Waals surface area contributed by atoms with Gasteiger partial charge in [-0.3, -0.25) is 9.59 Å². The number of aliphatic hydroxyl groups excluding tert-OH is 1. The predicted molar refractivity (Wildman–Crippen MR) is 148 cm³/mol. The van der Waals surface area contributed by atoms with Crippen molar-refractivity contribution in [1.29, 1.82) is 0 Å². The van der Waals surface area contributed by atoms with Crippen LogP contribution in [0.1, 0.15) is 48.3 Å². The Balaban J connectivity index is 1.25. The van der Waals surface area contributed by atoms with Crippen LogP contribution in [0.25, 0.3) is 0 Å². The molecular formula is C29H33N3O5S. The molecule has 4 rings (SSSR count). The molecule has 2 amide bonds. The zero-order valence-corrected chi connectivity index (χ0v) is 21.9. The first-order valence-corrected chi connectivity index (χ1v) is 13.6. The lowest BCUT2D eigenvalue weighted by Gasteiger charge is -2.29. The fourth-order valence-corrected chi connectivity index (χ4v) is 4.81. The molecule has 1 aromatic heterocycles. The summed E-state index contributed by atoms with van der Waals surface area (Å²) in [6, 6.07) is 16.7. The molecule has 2 aromatic carbocycles. The number of nitrogens with one attached hydrogen (secondary N) is 2. The Labute approximate surface area is 226 Å². The molecule has 200 valence electrons. The minimum absolute atomic E-state index is 0.00549.